The Bertz CT molecular complexity index is 632. The second-order valence-corrected chi connectivity index (χ2v) is 5.16. The number of hydrogen-bond donors (Lipinski definition) is 0. The Hall–Kier alpha value is -1.81. The lowest BCUT2D eigenvalue weighted by molar-refractivity contribution is 0.0772. The van der Waals surface area contributed by atoms with Crippen LogP contribution in [0.5, 0.6) is 0 Å². The van der Waals surface area contributed by atoms with Crippen LogP contribution < -0.4 is 0 Å². The molecule has 0 unspecified atom stereocenters. The van der Waals surface area contributed by atoms with Crippen LogP contribution in [0.3, 0.4) is 0 Å². The lowest BCUT2D eigenvalue weighted by Crippen LogP contribution is -2.31. The zero-order chi connectivity index (χ0) is 15.4. The summed E-state index contributed by atoms with van der Waals surface area (Å²) in [6.45, 7) is 7.38. The summed E-state index contributed by atoms with van der Waals surface area (Å²) in [4.78, 5) is 14.3. The van der Waals surface area contributed by atoms with E-state index in [1.807, 2.05) is 45.0 Å². The molecule has 0 aliphatic rings. The second kappa shape index (κ2) is 6.76. The van der Waals surface area contributed by atoms with Gasteiger partial charge in [0.25, 0.3) is 5.91 Å². The maximum absolute atomic E-state index is 12.5. The third kappa shape index (κ3) is 3.10. The van der Waals surface area contributed by atoms with E-state index in [1.165, 1.54) is 0 Å². The third-order valence-corrected chi connectivity index (χ3v) is 3.77. The fourth-order valence-electron chi connectivity index (χ4n) is 2.40. The average molecular weight is 306 g/mol. The van der Waals surface area contributed by atoms with E-state index in [1.54, 1.807) is 15.8 Å². The van der Waals surface area contributed by atoms with E-state index in [9.17, 15) is 4.79 Å². The lowest BCUT2D eigenvalue weighted by Gasteiger charge is -2.18. The zero-order valence-corrected chi connectivity index (χ0v) is 13.4. The topological polar surface area (TPSA) is 38.1 Å². The highest BCUT2D eigenvalue weighted by molar-refractivity contribution is 6.30. The van der Waals surface area contributed by atoms with E-state index in [4.69, 9.17) is 11.6 Å². The molecule has 21 heavy (non-hydrogen) atoms. The van der Waals surface area contributed by atoms with E-state index in [0.29, 0.717) is 23.7 Å². The Morgan fingerprint density at radius 3 is 2.57 bits per heavy atom. The SMILES string of the molecule is CCc1c(C(=O)N(CC)CC)cnn1-c1cccc(Cl)c1. The lowest BCUT2D eigenvalue weighted by atomic mass is 10.1. The van der Waals surface area contributed by atoms with Crippen molar-refractivity contribution in [3.8, 4) is 5.69 Å². The number of halogens is 1. The molecule has 0 N–H and O–H groups in total. The van der Waals surface area contributed by atoms with E-state index < -0.39 is 0 Å². The first-order valence-corrected chi connectivity index (χ1v) is 7.62. The van der Waals surface area contributed by atoms with Gasteiger partial charge in [0, 0.05) is 18.1 Å². The molecule has 0 aliphatic carbocycles. The van der Waals surface area contributed by atoms with Crippen LogP contribution in [0.25, 0.3) is 5.69 Å². The van der Waals surface area contributed by atoms with Gasteiger partial charge in [-0.25, -0.2) is 4.68 Å². The molecule has 0 spiro atoms. The summed E-state index contributed by atoms with van der Waals surface area (Å²) in [6, 6.07) is 7.48. The van der Waals surface area contributed by atoms with Gasteiger partial charge in [-0.05, 0) is 38.5 Å². The molecular formula is C16H20ClN3O. The second-order valence-electron chi connectivity index (χ2n) is 4.73. The highest BCUT2D eigenvalue weighted by atomic mass is 35.5. The first kappa shape index (κ1) is 15.6. The summed E-state index contributed by atoms with van der Waals surface area (Å²) in [5.74, 6) is 0.0325. The molecule has 0 atom stereocenters. The molecule has 0 saturated carbocycles. The number of carbonyl (C=O) groups excluding carboxylic acids is 1. The van der Waals surface area contributed by atoms with Gasteiger partial charge in [-0.1, -0.05) is 24.6 Å². The number of aromatic nitrogens is 2. The number of rotatable bonds is 5. The molecule has 0 bridgehead atoms. The minimum atomic E-state index is 0.0325. The summed E-state index contributed by atoms with van der Waals surface area (Å²) >= 11 is 6.04. The molecule has 0 fully saturated rings. The molecule has 0 radical (unpaired) electrons. The quantitative estimate of drug-likeness (QED) is 0.847. The normalized spacial score (nSPS) is 10.7. The number of nitrogens with zero attached hydrogens (tertiary/aromatic N) is 3. The number of benzene rings is 1. The average Bonchev–Trinajstić information content (AvgIpc) is 2.92. The van der Waals surface area contributed by atoms with Crippen LogP contribution in [0.2, 0.25) is 5.02 Å². The standard InChI is InChI=1S/C16H20ClN3O/c1-4-15-14(16(21)19(5-2)6-3)11-18-20(15)13-9-7-8-12(17)10-13/h7-11H,4-6H2,1-3H3. The van der Waals surface area contributed by atoms with Crippen molar-refractivity contribution in [2.45, 2.75) is 27.2 Å². The largest absolute Gasteiger partial charge is 0.339 e. The van der Waals surface area contributed by atoms with E-state index in [-0.39, 0.29) is 5.91 Å². The predicted molar refractivity (Wildman–Crippen MR) is 85.2 cm³/mol. The molecule has 1 aromatic carbocycles. The summed E-state index contributed by atoms with van der Waals surface area (Å²) < 4.78 is 1.79. The van der Waals surface area contributed by atoms with Crippen molar-refractivity contribution in [1.82, 2.24) is 14.7 Å². The molecule has 5 heteroatoms. The van der Waals surface area contributed by atoms with Crippen LogP contribution in [0, 0.1) is 0 Å². The van der Waals surface area contributed by atoms with Crippen molar-refractivity contribution < 1.29 is 4.79 Å². The summed E-state index contributed by atoms with van der Waals surface area (Å²) in [7, 11) is 0. The van der Waals surface area contributed by atoms with Crippen LogP contribution in [-0.2, 0) is 6.42 Å². The molecule has 1 aromatic heterocycles. The summed E-state index contributed by atoms with van der Waals surface area (Å²) in [5.41, 5.74) is 2.45. The Balaban J connectivity index is 2.45. The highest BCUT2D eigenvalue weighted by Crippen LogP contribution is 2.20. The maximum Gasteiger partial charge on any atom is 0.257 e. The van der Waals surface area contributed by atoms with Crippen molar-refractivity contribution in [3.05, 3.63) is 46.7 Å². The fraction of sp³-hybridized carbons (Fsp3) is 0.375. The van der Waals surface area contributed by atoms with Gasteiger partial charge in [0.05, 0.1) is 23.1 Å². The molecule has 0 saturated heterocycles. The Morgan fingerprint density at radius 2 is 2.00 bits per heavy atom. The minimum absolute atomic E-state index is 0.0325. The van der Waals surface area contributed by atoms with E-state index in [0.717, 1.165) is 17.8 Å². The molecule has 0 aliphatic heterocycles. The highest BCUT2D eigenvalue weighted by Gasteiger charge is 2.20. The van der Waals surface area contributed by atoms with Crippen molar-refractivity contribution in [2.24, 2.45) is 0 Å². The molecule has 1 heterocycles. The van der Waals surface area contributed by atoms with Crippen LogP contribution in [-0.4, -0.2) is 33.7 Å². The molecule has 4 nitrogen and oxygen atoms in total. The van der Waals surface area contributed by atoms with Crippen molar-refractivity contribution in [3.63, 3.8) is 0 Å². The number of carbonyl (C=O) groups is 1. The third-order valence-electron chi connectivity index (χ3n) is 3.54. The first-order chi connectivity index (χ1) is 10.1. The molecule has 2 aromatic rings. The van der Waals surface area contributed by atoms with Crippen molar-refractivity contribution in [1.29, 1.82) is 0 Å². The van der Waals surface area contributed by atoms with Crippen molar-refractivity contribution in [2.75, 3.05) is 13.1 Å². The van der Waals surface area contributed by atoms with Crippen LogP contribution in [0.4, 0.5) is 0 Å². The smallest absolute Gasteiger partial charge is 0.257 e. The molecule has 2 rings (SSSR count). The Kier molecular flexibility index (Phi) is 5.02. The van der Waals surface area contributed by atoms with E-state index in [2.05, 4.69) is 5.10 Å². The maximum atomic E-state index is 12.5. The Morgan fingerprint density at radius 1 is 1.29 bits per heavy atom. The van der Waals surface area contributed by atoms with Gasteiger partial charge in [0.15, 0.2) is 0 Å². The van der Waals surface area contributed by atoms with Crippen molar-refractivity contribution >= 4 is 17.5 Å². The van der Waals surface area contributed by atoms with E-state index >= 15 is 0 Å². The van der Waals surface area contributed by atoms with Gasteiger partial charge < -0.3 is 4.90 Å². The predicted octanol–water partition coefficient (Wildman–Crippen LogP) is 3.57. The Labute approximate surface area is 130 Å². The summed E-state index contributed by atoms with van der Waals surface area (Å²) in [5, 5.41) is 5.04. The number of hydrogen-bond acceptors (Lipinski definition) is 2. The molecule has 112 valence electrons. The van der Waals surface area contributed by atoms with Gasteiger partial charge in [-0.15, -0.1) is 0 Å². The summed E-state index contributed by atoms with van der Waals surface area (Å²) in [6.07, 6.45) is 2.38. The van der Waals surface area contributed by atoms with Crippen LogP contribution in [0.15, 0.2) is 30.5 Å². The van der Waals surface area contributed by atoms with Gasteiger partial charge in [-0.3, -0.25) is 4.79 Å². The molecular weight excluding hydrogens is 286 g/mol. The van der Waals surface area contributed by atoms with Crippen LogP contribution in [0.1, 0.15) is 36.8 Å². The first-order valence-electron chi connectivity index (χ1n) is 7.24. The monoisotopic (exact) mass is 305 g/mol. The minimum Gasteiger partial charge on any atom is -0.339 e. The van der Waals surface area contributed by atoms with Gasteiger partial charge in [0.2, 0.25) is 0 Å². The van der Waals surface area contributed by atoms with Gasteiger partial charge in [0.1, 0.15) is 0 Å². The zero-order valence-electron chi connectivity index (χ0n) is 12.6. The van der Waals surface area contributed by atoms with Gasteiger partial charge >= 0.3 is 0 Å². The number of amides is 1. The molecule has 1 amide bonds. The van der Waals surface area contributed by atoms with Crippen LogP contribution >= 0.6 is 11.6 Å². The van der Waals surface area contributed by atoms with Gasteiger partial charge in [-0.2, -0.15) is 5.10 Å². The fourth-order valence-corrected chi connectivity index (χ4v) is 2.59.